The van der Waals surface area contributed by atoms with E-state index in [0.717, 1.165) is 5.56 Å². The molecule has 2 rings (SSSR count). The van der Waals surface area contributed by atoms with Crippen molar-refractivity contribution in [1.29, 1.82) is 0 Å². The molecule has 15 heavy (non-hydrogen) atoms. The van der Waals surface area contributed by atoms with Crippen molar-refractivity contribution in [3.63, 3.8) is 0 Å². The Balaban J connectivity index is 2.18. The van der Waals surface area contributed by atoms with E-state index in [4.69, 9.17) is 0 Å². The van der Waals surface area contributed by atoms with Gasteiger partial charge in [-0.25, -0.2) is 4.39 Å². The summed E-state index contributed by atoms with van der Waals surface area (Å²) in [5, 5.41) is 3.85. The lowest BCUT2D eigenvalue weighted by atomic mass is 10.1. The number of nitrogens with one attached hydrogen (secondary N) is 1. The van der Waals surface area contributed by atoms with E-state index in [1.807, 2.05) is 30.8 Å². The zero-order chi connectivity index (χ0) is 10.8. The average molecular weight is 225 g/mol. The summed E-state index contributed by atoms with van der Waals surface area (Å²) in [6.07, 6.45) is 1.21. The first-order valence-electron chi connectivity index (χ1n) is 5.30. The van der Waals surface area contributed by atoms with Gasteiger partial charge in [-0.3, -0.25) is 5.32 Å². The molecule has 0 spiro atoms. The summed E-state index contributed by atoms with van der Waals surface area (Å²) in [6.45, 7) is 4.01. The number of rotatable bonds is 1. The van der Waals surface area contributed by atoms with Crippen LogP contribution in [0.1, 0.15) is 29.8 Å². The van der Waals surface area contributed by atoms with Crippen molar-refractivity contribution in [3.8, 4) is 0 Å². The first kappa shape index (κ1) is 11.0. The third-order valence-corrected chi connectivity index (χ3v) is 3.97. The first-order valence-corrected chi connectivity index (χ1v) is 6.35. The van der Waals surface area contributed by atoms with Gasteiger partial charge in [-0.15, -0.1) is 11.8 Å². The molecule has 0 saturated carbocycles. The molecule has 1 fully saturated rings. The Morgan fingerprint density at radius 2 is 2.27 bits per heavy atom. The molecule has 0 bridgehead atoms. The standard InChI is InChI=1S/C12H16FNS/c1-8-7-10(3-4-11(8)13)12-14-9(2)5-6-15-12/h3-4,7,9,12,14H,5-6H2,1-2H3. The van der Waals surface area contributed by atoms with Gasteiger partial charge in [0.1, 0.15) is 5.82 Å². The molecule has 1 nitrogen and oxygen atoms in total. The van der Waals surface area contributed by atoms with Gasteiger partial charge in [0.15, 0.2) is 0 Å². The molecular weight excluding hydrogens is 209 g/mol. The van der Waals surface area contributed by atoms with E-state index in [1.54, 1.807) is 6.07 Å². The number of hydrogen-bond donors (Lipinski definition) is 1. The summed E-state index contributed by atoms with van der Waals surface area (Å²) in [5.74, 6) is 1.06. The van der Waals surface area contributed by atoms with Gasteiger partial charge < -0.3 is 0 Å². The van der Waals surface area contributed by atoms with Crippen molar-refractivity contribution >= 4 is 11.8 Å². The molecule has 0 aliphatic carbocycles. The van der Waals surface area contributed by atoms with E-state index in [9.17, 15) is 4.39 Å². The molecule has 3 heteroatoms. The molecule has 82 valence electrons. The van der Waals surface area contributed by atoms with Crippen LogP contribution < -0.4 is 5.32 Å². The lowest BCUT2D eigenvalue weighted by molar-refractivity contribution is 0.511. The molecule has 1 aliphatic rings. The smallest absolute Gasteiger partial charge is 0.126 e. The highest BCUT2D eigenvalue weighted by Gasteiger charge is 2.19. The van der Waals surface area contributed by atoms with Crippen molar-refractivity contribution in [1.82, 2.24) is 5.32 Å². The number of thioether (sulfide) groups is 1. The number of aryl methyl sites for hydroxylation is 1. The highest BCUT2D eigenvalue weighted by Crippen LogP contribution is 2.32. The Bertz CT molecular complexity index is 353. The van der Waals surface area contributed by atoms with Crippen molar-refractivity contribution in [2.75, 3.05) is 5.75 Å². The maximum Gasteiger partial charge on any atom is 0.126 e. The topological polar surface area (TPSA) is 12.0 Å². The molecule has 1 aromatic carbocycles. The highest BCUT2D eigenvalue weighted by molar-refractivity contribution is 7.99. The average Bonchev–Trinajstić information content (AvgIpc) is 2.22. The maximum atomic E-state index is 13.1. The molecule has 0 aromatic heterocycles. The van der Waals surface area contributed by atoms with Gasteiger partial charge in [0.05, 0.1) is 5.37 Å². The van der Waals surface area contributed by atoms with Crippen LogP contribution in [0.4, 0.5) is 4.39 Å². The molecule has 1 aromatic rings. The predicted molar refractivity (Wildman–Crippen MR) is 63.6 cm³/mol. The third kappa shape index (κ3) is 2.52. The minimum atomic E-state index is -0.118. The molecule has 2 unspecified atom stereocenters. The summed E-state index contributed by atoms with van der Waals surface area (Å²) in [6, 6.07) is 5.94. The van der Waals surface area contributed by atoms with E-state index < -0.39 is 0 Å². The van der Waals surface area contributed by atoms with Gasteiger partial charge in [-0.05, 0) is 43.2 Å². The summed E-state index contributed by atoms with van der Waals surface area (Å²) in [7, 11) is 0. The molecule has 2 atom stereocenters. The molecule has 0 amide bonds. The Morgan fingerprint density at radius 1 is 1.47 bits per heavy atom. The Hall–Kier alpha value is -0.540. The van der Waals surface area contributed by atoms with Crippen LogP contribution in [0.25, 0.3) is 0 Å². The highest BCUT2D eigenvalue weighted by atomic mass is 32.2. The summed E-state index contributed by atoms with van der Waals surface area (Å²) in [4.78, 5) is 0. The lowest BCUT2D eigenvalue weighted by Crippen LogP contribution is -2.33. The molecule has 1 N–H and O–H groups in total. The Labute approximate surface area is 94.5 Å². The van der Waals surface area contributed by atoms with E-state index in [-0.39, 0.29) is 5.82 Å². The molecule has 0 radical (unpaired) electrons. The largest absolute Gasteiger partial charge is 0.299 e. The van der Waals surface area contributed by atoms with Gasteiger partial charge in [-0.1, -0.05) is 12.1 Å². The third-order valence-electron chi connectivity index (χ3n) is 2.76. The Kier molecular flexibility index (Phi) is 3.32. The minimum Gasteiger partial charge on any atom is -0.299 e. The Morgan fingerprint density at radius 3 is 2.93 bits per heavy atom. The summed E-state index contributed by atoms with van der Waals surface area (Å²) in [5.41, 5.74) is 1.92. The van der Waals surface area contributed by atoms with Crippen LogP contribution in [-0.4, -0.2) is 11.8 Å². The second kappa shape index (κ2) is 4.54. The van der Waals surface area contributed by atoms with Gasteiger partial charge in [0.2, 0.25) is 0 Å². The van der Waals surface area contributed by atoms with E-state index in [0.29, 0.717) is 11.4 Å². The van der Waals surface area contributed by atoms with E-state index in [1.165, 1.54) is 17.7 Å². The summed E-state index contributed by atoms with van der Waals surface area (Å²) >= 11 is 1.90. The van der Waals surface area contributed by atoms with Crippen LogP contribution in [0.3, 0.4) is 0 Å². The van der Waals surface area contributed by atoms with Crippen LogP contribution in [0.15, 0.2) is 18.2 Å². The number of hydrogen-bond acceptors (Lipinski definition) is 2. The van der Waals surface area contributed by atoms with Crippen LogP contribution in [0, 0.1) is 12.7 Å². The van der Waals surface area contributed by atoms with Crippen LogP contribution in [-0.2, 0) is 0 Å². The van der Waals surface area contributed by atoms with E-state index >= 15 is 0 Å². The van der Waals surface area contributed by atoms with Crippen molar-refractivity contribution in [2.45, 2.75) is 31.7 Å². The zero-order valence-corrected chi connectivity index (χ0v) is 9.90. The molecule has 1 saturated heterocycles. The minimum absolute atomic E-state index is 0.118. The SMILES string of the molecule is Cc1cc(C2NC(C)CCS2)ccc1F. The fourth-order valence-corrected chi connectivity index (χ4v) is 3.17. The van der Waals surface area contributed by atoms with Gasteiger partial charge in [0, 0.05) is 6.04 Å². The summed E-state index contributed by atoms with van der Waals surface area (Å²) < 4.78 is 13.1. The molecule has 1 heterocycles. The van der Waals surface area contributed by atoms with Crippen LogP contribution in [0.5, 0.6) is 0 Å². The zero-order valence-electron chi connectivity index (χ0n) is 9.09. The number of benzene rings is 1. The molecule has 1 aliphatic heterocycles. The maximum absolute atomic E-state index is 13.1. The second-order valence-corrected chi connectivity index (χ2v) is 5.33. The van der Waals surface area contributed by atoms with Gasteiger partial charge in [-0.2, -0.15) is 0 Å². The number of halogens is 1. The van der Waals surface area contributed by atoms with Gasteiger partial charge >= 0.3 is 0 Å². The predicted octanol–water partition coefficient (Wildman–Crippen LogP) is 3.25. The van der Waals surface area contributed by atoms with Crippen LogP contribution in [0.2, 0.25) is 0 Å². The van der Waals surface area contributed by atoms with Gasteiger partial charge in [0.25, 0.3) is 0 Å². The second-order valence-electron chi connectivity index (χ2n) is 4.12. The van der Waals surface area contributed by atoms with Crippen molar-refractivity contribution < 1.29 is 4.39 Å². The monoisotopic (exact) mass is 225 g/mol. The fourth-order valence-electron chi connectivity index (χ4n) is 1.78. The first-order chi connectivity index (χ1) is 7.16. The lowest BCUT2D eigenvalue weighted by Gasteiger charge is -2.28. The molecular formula is C12H16FNS. The van der Waals surface area contributed by atoms with Crippen molar-refractivity contribution in [2.24, 2.45) is 0 Å². The van der Waals surface area contributed by atoms with E-state index in [2.05, 4.69) is 12.2 Å². The fraction of sp³-hybridized carbons (Fsp3) is 0.500. The van der Waals surface area contributed by atoms with Crippen molar-refractivity contribution in [3.05, 3.63) is 35.1 Å². The quantitative estimate of drug-likeness (QED) is 0.787. The normalized spacial score (nSPS) is 26.6. The van der Waals surface area contributed by atoms with Crippen LogP contribution >= 0.6 is 11.8 Å².